The molecule has 4 rings (SSSR count). The lowest BCUT2D eigenvalue weighted by Gasteiger charge is -2.40. The molecule has 2 heterocycles. The molecular formula is C29H31ClFN5O2. The number of carbonyl (C=O) groups excluding carboxylic acids is 2. The number of amidine groups is 1. The molecule has 1 fully saturated rings. The van der Waals surface area contributed by atoms with Gasteiger partial charge in [-0.05, 0) is 42.7 Å². The van der Waals surface area contributed by atoms with Gasteiger partial charge in [-0.3, -0.25) is 19.5 Å². The van der Waals surface area contributed by atoms with Crippen LogP contribution in [0.2, 0.25) is 5.02 Å². The van der Waals surface area contributed by atoms with Gasteiger partial charge in [0, 0.05) is 38.3 Å². The van der Waals surface area contributed by atoms with Crippen LogP contribution in [-0.4, -0.2) is 66.2 Å². The Morgan fingerprint density at radius 1 is 1.16 bits per heavy atom. The summed E-state index contributed by atoms with van der Waals surface area (Å²) in [6.45, 7) is 7.72. The average Bonchev–Trinajstić information content (AvgIpc) is 2.92. The van der Waals surface area contributed by atoms with E-state index in [2.05, 4.69) is 23.7 Å². The predicted octanol–water partition coefficient (Wildman–Crippen LogP) is 5.50. The molecule has 1 atom stereocenters. The first-order valence-corrected chi connectivity index (χ1v) is 12.9. The van der Waals surface area contributed by atoms with Gasteiger partial charge in [0.1, 0.15) is 11.7 Å². The molecule has 38 heavy (non-hydrogen) atoms. The number of halogens is 2. The number of aliphatic imine (C=N–C) groups is 1. The van der Waals surface area contributed by atoms with E-state index >= 15 is 0 Å². The number of amides is 2. The highest BCUT2D eigenvalue weighted by atomic mass is 35.5. The van der Waals surface area contributed by atoms with E-state index < -0.39 is 5.82 Å². The first-order valence-electron chi connectivity index (χ1n) is 12.5. The molecule has 1 aliphatic heterocycles. The topological polar surface area (TPSA) is 69.1 Å². The van der Waals surface area contributed by atoms with Gasteiger partial charge in [0.15, 0.2) is 5.82 Å². The molecule has 198 valence electrons. The van der Waals surface area contributed by atoms with Crippen LogP contribution in [0.15, 0.2) is 59.6 Å². The summed E-state index contributed by atoms with van der Waals surface area (Å²) in [6.07, 6.45) is 1.56. The van der Waals surface area contributed by atoms with Gasteiger partial charge in [0.05, 0.1) is 22.0 Å². The van der Waals surface area contributed by atoms with Gasteiger partial charge in [-0.2, -0.15) is 0 Å². The van der Waals surface area contributed by atoms with Gasteiger partial charge in [0.2, 0.25) is 12.8 Å². The van der Waals surface area contributed by atoms with Crippen molar-refractivity contribution in [2.24, 2.45) is 4.99 Å². The Labute approximate surface area is 227 Å². The second-order valence-corrected chi connectivity index (χ2v) is 9.96. The Morgan fingerprint density at radius 2 is 1.87 bits per heavy atom. The van der Waals surface area contributed by atoms with Crippen LogP contribution in [0.4, 0.5) is 15.9 Å². The van der Waals surface area contributed by atoms with Crippen molar-refractivity contribution in [2.45, 2.75) is 32.7 Å². The number of anilines is 2. The fourth-order valence-corrected chi connectivity index (χ4v) is 5.14. The maximum absolute atomic E-state index is 14.9. The fraction of sp³-hybridized carbons (Fsp3) is 0.310. The third-order valence-corrected chi connectivity index (χ3v) is 7.06. The molecule has 2 aromatic carbocycles. The largest absolute Gasteiger partial charge is 0.350 e. The van der Waals surface area contributed by atoms with E-state index in [4.69, 9.17) is 16.6 Å². The molecule has 0 saturated carbocycles. The highest BCUT2D eigenvalue weighted by molar-refractivity contribution is 6.33. The fourth-order valence-electron chi connectivity index (χ4n) is 4.89. The maximum Gasteiger partial charge on any atom is 0.219 e. The summed E-state index contributed by atoms with van der Waals surface area (Å²) < 4.78 is 14.9. The van der Waals surface area contributed by atoms with E-state index in [1.807, 2.05) is 31.2 Å². The van der Waals surface area contributed by atoms with Crippen molar-refractivity contribution in [3.63, 3.8) is 0 Å². The van der Waals surface area contributed by atoms with E-state index in [-0.39, 0.29) is 28.2 Å². The summed E-state index contributed by atoms with van der Waals surface area (Å²) in [7, 11) is 1.67. The number of para-hydroxylation sites is 1. The second-order valence-electron chi connectivity index (χ2n) is 9.55. The van der Waals surface area contributed by atoms with Crippen LogP contribution in [-0.2, 0) is 9.59 Å². The van der Waals surface area contributed by atoms with Crippen LogP contribution in [0.5, 0.6) is 0 Å². The van der Waals surface area contributed by atoms with E-state index in [0.717, 1.165) is 12.0 Å². The lowest BCUT2D eigenvalue weighted by molar-refractivity contribution is -0.120. The Bertz CT molecular complexity index is 1360. The SMILES string of the molecule is CN=C(c1cc(Cl)c(-c2ccccc2F)nc1N(C=O)c1ccccc1C(C)C)N1CCN(C=O)CC1C. The first kappa shape index (κ1) is 27.3. The van der Waals surface area contributed by atoms with Crippen LogP contribution in [0.3, 0.4) is 0 Å². The molecule has 9 heteroatoms. The molecule has 0 N–H and O–H groups in total. The van der Waals surface area contributed by atoms with Gasteiger partial charge >= 0.3 is 0 Å². The molecule has 0 aliphatic carbocycles. The van der Waals surface area contributed by atoms with Crippen molar-refractivity contribution >= 4 is 41.8 Å². The molecular weight excluding hydrogens is 505 g/mol. The Hall–Kier alpha value is -3.78. The predicted molar refractivity (Wildman–Crippen MR) is 150 cm³/mol. The number of rotatable bonds is 7. The zero-order valence-corrected chi connectivity index (χ0v) is 22.7. The number of hydrogen-bond donors (Lipinski definition) is 0. The van der Waals surface area contributed by atoms with Gasteiger partial charge in [-0.25, -0.2) is 9.37 Å². The van der Waals surface area contributed by atoms with Crippen LogP contribution in [0.1, 0.15) is 37.8 Å². The molecule has 1 aromatic heterocycles. The van der Waals surface area contributed by atoms with Crippen LogP contribution in [0, 0.1) is 5.82 Å². The lowest BCUT2D eigenvalue weighted by Crippen LogP contribution is -2.53. The number of hydrogen-bond acceptors (Lipinski definition) is 4. The quantitative estimate of drug-likeness (QED) is 0.228. The molecule has 7 nitrogen and oxygen atoms in total. The van der Waals surface area contributed by atoms with Gasteiger partial charge in [0.25, 0.3) is 0 Å². The van der Waals surface area contributed by atoms with Crippen molar-refractivity contribution in [1.82, 2.24) is 14.8 Å². The summed E-state index contributed by atoms with van der Waals surface area (Å²) in [5.74, 6) is 0.540. The summed E-state index contributed by atoms with van der Waals surface area (Å²) in [6, 6.07) is 15.5. The van der Waals surface area contributed by atoms with Crippen LogP contribution >= 0.6 is 11.6 Å². The number of aromatic nitrogens is 1. The van der Waals surface area contributed by atoms with E-state index in [1.54, 1.807) is 36.2 Å². The standard InChI is InChI=1S/C29H31ClFN5O2/c1-19(2)21-9-6-8-12-26(21)36(18-38)29-23(28(32-4)35-14-13-34(17-37)16-20(35)3)15-24(30)27(33-29)22-10-5-7-11-25(22)31/h5-12,15,17-20H,13-14,16H2,1-4H3. The number of benzene rings is 2. The summed E-state index contributed by atoms with van der Waals surface area (Å²) in [5.41, 5.74) is 2.62. The van der Waals surface area contributed by atoms with Crippen molar-refractivity contribution in [1.29, 1.82) is 0 Å². The minimum Gasteiger partial charge on any atom is -0.350 e. The lowest BCUT2D eigenvalue weighted by atomic mass is 10.00. The van der Waals surface area contributed by atoms with E-state index in [0.29, 0.717) is 48.9 Å². The molecule has 0 bridgehead atoms. The van der Waals surface area contributed by atoms with Gasteiger partial charge < -0.3 is 9.80 Å². The summed E-state index contributed by atoms with van der Waals surface area (Å²) in [4.78, 5) is 38.8. The van der Waals surface area contributed by atoms with E-state index in [9.17, 15) is 14.0 Å². The Kier molecular flexibility index (Phi) is 8.42. The monoisotopic (exact) mass is 535 g/mol. The molecule has 2 amide bonds. The molecule has 3 aromatic rings. The van der Waals surface area contributed by atoms with Crippen molar-refractivity contribution in [2.75, 3.05) is 31.6 Å². The van der Waals surface area contributed by atoms with Crippen LogP contribution < -0.4 is 4.90 Å². The number of carbonyl (C=O) groups is 2. The van der Waals surface area contributed by atoms with Crippen LogP contribution in [0.25, 0.3) is 11.3 Å². The maximum atomic E-state index is 14.9. The zero-order chi connectivity index (χ0) is 27.4. The van der Waals surface area contributed by atoms with Gasteiger partial charge in [-0.1, -0.05) is 55.8 Å². The average molecular weight is 536 g/mol. The molecule has 1 saturated heterocycles. The number of pyridine rings is 1. The van der Waals surface area contributed by atoms with E-state index in [1.165, 1.54) is 11.0 Å². The summed E-state index contributed by atoms with van der Waals surface area (Å²) >= 11 is 6.74. The normalized spacial score (nSPS) is 16.1. The molecule has 1 unspecified atom stereocenters. The first-order chi connectivity index (χ1) is 18.3. The number of piperazine rings is 1. The second kappa shape index (κ2) is 11.7. The van der Waals surface area contributed by atoms with Crippen molar-refractivity contribution in [3.05, 3.63) is 76.6 Å². The molecule has 0 spiro atoms. The summed E-state index contributed by atoms with van der Waals surface area (Å²) in [5, 5.41) is 0.233. The highest BCUT2D eigenvalue weighted by Gasteiger charge is 2.31. The minimum atomic E-state index is -0.469. The minimum absolute atomic E-state index is 0.0434. The smallest absolute Gasteiger partial charge is 0.219 e. The molecule has 0 radical (unpaired) electrons. The number of nitrogens with zero attached hydrogens (tertiary/aromatic N) is 5. The highest BCUT2D eigenvalue weighted by Crippen LogP contribution is 2.38. The zero-order valence-electron chi connectivity index (χ0n) is 21.9. The van der Waals surface area contributed by atoms with Crippen molar-refractivity contribution < 1.29 is 14.0 Å². The van der Waals surface area contributed by atoms with Crippen molar-refractivity contribution in [3.8, 4) is 11.3 Å². The third kappa shape index (κ3) is 5.27. The Morgan fingerprint density at radius 3 is 2.50 bits per heavy atom. The Balaban J connectivity index is 1.96. The van der Waals surface area contributed by atoms with Gasteiger partial charge in [-0.15, -0.1) is 0 Å². The third-order valence-electron chi connectivity index (χ3n) is 6.77. The molecule has 1 aliphatic rings.